The Morgan fingerprint density at radius 2 is 1.86 bits per heavy atom. The lowest BCUT2D eigenvalue weighted by Gasteiger charge is -2.36. The minimum Gasteiger partial charge on any atom is -0.496 e. The molecule has 1 aliphatic carbocycles. The van der Waals surface area contributed by atoms with Crippen LogP contribution in [0, 0.1) is 0 Å². The number of hydrogen-bond donors (Lipinski definition) is 1. The molecule has 4 rings (SSSR count). The minimum absolute atomic E-state index is 0.0147. The van der Waals surface area contributed by atoms with Crippen molar-refractivity contribution >= 4 is 11.8 Å². The van der Waals surface area contributed by atoms with Gasteiger partial charge in [-0.15, -0.1) is 0 Å². The molecule has 2 aromatic carbocycles. The van der Waals surface area contributed by atoms with E-state index < -0.39 is 0 Å². The lowest BCUT2D eigenvalue weighted by Crippen LogP contribution is -2.42. The van der Waals surface area contributed by atoms with Gasteiger partial charge < -0.3 is 15.0 Å². The number of carbonyl (C=O) groups excluding carboxylic acids is 2. The third-order valence-electron chi connectivity index (χ3n) is 6.35. The molecular formula is C24H28N2O3. The highest BCUT2D eigenvalue weighted by molar-refractivity contribution is 5.80. The molecule has 1 unspecified atom stereocenters. The zero-order chi connectivity index (χ0) is 20.4. The summed E-state index contributed by atoms with van der Waals surface area (Å²) < 4.78 is 5.52. The molecule has 1 heterocycles. The van der Waals surface area contributed by atoms with E-state index in [0.717, 1.165) is 36.1 Å². The minimum atomic E-state index is -0.195. The summed E-state index contributed by atoms with van der Waals surface area (Å²) in [6.45, 7) is 2.84. The molecule has 0 radical (unpaired) electrons. The maximum absolute atomic E-state index is 12.9. The summed E-state index contributed by atoms with van der Waals surface area (Å²) in [5.74, 6) is 0.882. The van der Waals surface area contributed by atoms with Gasteiger partial charge >= 0.3 is 0 Å². The molecule has 2 aliphatic rings. The van der Waals surface area contributed by atoms with Gasteiger partial charge in [-0.3, -0.25) is 9.59 Å². The molecule has 0 bridgehead atoms. The van der Waals surface area contributed by atoms with Crippen LogP contribution in [0.4, 0.5) is 0 Å². The fourth-order valence-electron chi connectivity index (χ4n) is 4.54. The number of methoxy groups -OCH3 is 1. The van der Waals surface area contributed by atoms with E-state index in [1.807, 2.05) is 41.3 Å². The standard InChI is InChI=1S/C24H28N2O3/c1-17(27)26-14-11-18-7-3-4-8-19(18)21(26)15-23(28)25-16-24(12-13-24)20-9-5-6-10-22(20)29-2/h3-10,21H,11-16H2,1-2H3,(H,25,28). The van der Waals surface area contributed by atoms with Gasteiger partial charge in [0.15, 0.2) is 0 Å². The molecule has 0 aromatic heterocycles. The molecule has 0 spiro atoms. The molecule has 1 saturated carbocycles. The Hall–Kier alpha value is -2.82. The van der Waals surface area contributed by atoms with Crippen LogP contribution in [-0.2, 0) is 21.4 Å². The fourth-order valence-corrected chi connectivity index (χ4v) is 4.54. The van der Waals surface area contributed by atoms with Gasteiger partial charge in [-0.2, -0.15) is 0 Å². The smallest absolute Gasteiger partial charge is 0.222 e. The van der Waals surface area contributed by atoms with Crippen molar-refractivity contribution in [3.05, 3.63) is 65.2 Å². The number of carbonyl (C=O) groups is 2. The van der Waals surface area contributed by atoms with Gasteiger partial charge in [-0.25, -0.2) is 0 Å². The molecule has 2 aromatic rings. The summed E-state index contributed by atoms with van der Waals surface area (Å²) in [7, 11) is 1.68. The van der Waals surface area contributed by atoms with Crippen molar-refractivity contribution in [2.24, 2.45) is 0 Å². The van der Waals surface area contributed by atoms with E-state index in [2.05, 4.69) is 17.4 Å². The van der Waals surface area contributed by atoms with Crippen LogP contribution in [0.1, 0.15) is 48.9 Å². The SMILES string of the molecule is COc1ccccc1C1(CNC(=O)CC2c3ccccc3CCN2C(C)=O)CC1. The Bertz CT molecular complexity index is 920. The van der Waals surface area contributed by atoms with Crippen LogP contribution < -0.4 is 10.1 Å². The summed E-state index contributed by atoms with van der Waals surface area (Å²) >= 11 is 0. The Morgan fingerprint density at radius 1 is 1.14 bits per heavy atom. The number of para-hydroxylation sites is 1. The molecule has 1 atom stereocenters. The fraction of sp³-hybridized carbons (Fsp3) is 0.417. The van der Waals surface area contributed by atoms with Gasteiger partial charge in [0, 0.05) is 31.0 Å². The molecule has 5 nitrogen and oxygen atoms in total. The number of benzene rings is 2. The monoisotopic (exact) mass is 392 g/mol. The molecule has 152 valence electrons. The molecule has 29 heavy (non-hydrogen) atoms. The van der Waals surface area contributed by atoms with Gasteiger partial charge in [0.05, 0.1) is 19.6 Å². The van der Waals surface area contributed by atoms with Gasteiger partial charge in [0.1, 0.15) is 5.75 Å². The Kier molecular flexibility index (Phi) is 5.31. The summed E-state index contributed by atoms with van der Waals surface area (Å²) in [4.78, 5) is 26.9. The van der Waals surface area contributed by atoms with Gasteiger partial charge in [0.2, 0.25) is 11.8 Å². The first-order chi connectivity index (χ1) is 14.0. The van der Waals surface area contributed by atoms with Crippen molar-refractivity contribution in [3.8, 4) is 5.75 Å². The summed E-state index contributed by atoms with van der Waals surface area (Å²) in [5, 5.41) is 3.14. The van der Waals surface area contributed by atoms with E-state index in [1.54, 1.807) is 14.0 Å². The average molecular weight is 392 g/mol. The van der Waals surface area contributed by atoms with Crippen LogP contribution in [-0.4, -0.2) is 36.9 Å². The third kappa shape index (κ3) is 3.86. The maximum atomic E-state index is 12.9. The highest BCUT2D eigenvalue weighted by atomic mass is 16.5. The van der Waals surface area contributed by atoms with E-state index in [1.165, 1.54) is 5.56 Å². The normalized spacial score (nSPS) is 19.2. The second-order valence-electron chi connectivity index (χ2n) is 8.14. The number of amides is 2. The summed E-state index contributed by atoms with van der Waals surface area (Å²) in [5.41, 5.74) is 3.45. The zero-order valence-electron chi connectivity index (χ0n) is 17.1. The predicted octanol–water partition coefficient (Wildman–Crippen LogP) is 3.38. The van der Waals surface area contributed by atoms with Crippen LogP contribution in [0.3, 0.4) is 0 Å². The molecule has 1 aliphatic heterocycles. The van der Waals surface area contributed by atoms with Crippen molar-refractivity contribution < 1.29 is 14.3 Å². The number of fused-ring (bicyclic) bond motifs is 1. The van der Waals surface area contributed by atoms with Crippen LogP contribution in [0.2, 0.25) is 0 Å². The molecule has 2 amide bonds. The van der Waals surface area contributed by atoms with Gasteiger partial charge in [-0.1, -0.05) is 42.5 Å². The van der Waals surface area contributed by atoms with E-state index in [4.69, 9.17) is 4.74 Å². The highest BCUT2D eigenvalue weighted by Gasteiger charge is 2.46. The molecule has 0 saturated heterocycles. The van der Waals surface area contributed by atoms with E-state index in [0.29, 0.717) is 19.5 Å². The van der Waals surface area contributed by atoms with Crippen molar-refractivity contribution in [1.29, 1.82) is 0 Å². The highest BCUT2D eigenvalue weighted by Crippen LogP contribution is 2.50. The maximum Gasteiger partial charge on any atom is 0.222 e. The van der Waals surface area contributed by atoms with E-state index >= 15 is 0 Å². The molecule has 1 N–H and O–H groups in total. The van der Waals surface area contributed by atoms with Crippen LogP contribution in [0.15, 0.2) is 48.5 Å². The number of nitrogens with one attached hydrogen (secondary N) is 1. The molecule has 5 heteroatoms. The number of rotatable bonds is 6. The topological polar surface area (TPSA) is 58.6 Å². The molecule has 1 fully saturated rings. The van der Waals surface area contributed by atoms with Gasteiger partial charge in [-0.05, 0) is 36.5 Å². The van der Waals surface area contributed by atoms with Crippen molar-refractivity contribution in [1.82, 2.24) is 10.2 Å². The quantitative estimate of drug-likeness (QED) is 0.820. The Morgan fingerprint density at radius 3 is 2.59 bits per heavy atom. The second-order valence-corrected chi connectivity index (χ2v) is 8.14. The first-order valence-electron chi connectivity index (χ1n) is 10.3. The zero-order valence-corrected chi connectivity index (χ0v) is 17.1. The first-order valence-corrected chi connectivity index (χ1v) is 10.3. The summed E-state index contributed by atoms with van der Waals surface area (Å²) in [6.07, 6.45) is 3.21. The number of ether oxygens (including phenoxy) is 1. The van der Waals surface area contributed by atoms with Crippen molar-refractivity contribution in [2.45, 2.75) is 44.1 Å². The summed E-state index contributed by atoms with van der Waals surface area (Å²) in [6, 6.07) is 16.0. The van der Waals surface area contributed by atoms with Crippen LogP contribution in [0.25, 0.3) is 0 Å². The lowest BCUT2D eigenvalue weighted by atomic mass is 9.90. The number of hydrogen-bond acceptors (Lipinski definition) is 3. The predicted molar refractivity (Wildman–Crippen MR) is 112 cm³/mol. The van der Waals surface area contributed by atoms with Crippen molar-refractivity contribution in [2.75, 3.05) is 20.2 Å². The second kappa shape index (κ2) is 7.90. The van der Waals surface area contributed by atoms with E-state index in [-0.39, 0.29) is 23.3 Å². The van der Waals surface area contributed by atoms with Crippen molar-refractivity contribution in [3.63, 3.8) is 0 Å². The van der Waals surface area contributed by atoms with Gasteiger partial charge in [0.25, 0.3) is 0 Å². The molecular weight excluding hydrogens is 364 g/mol. The van der Waals surface area contributed by atoms with Crippen LogP contribution in [0.5, 0.6) is 5.75 Å². The Labute approximate surface area is 172 Å². The average Bonchev–Trinajstić information content (AvgIpc) is 3.53. The lowest BCUT2D eigenvalue weighted by molar-refractivity contribution is -0.133. The third-order valence-corrected chi connectivity index (χ3v) is 6.35. The number of nitrogens with zero attached hydrogens (tertiary/aromatic N) is 1. The largest absolute Gasteiger partial charge is 0.496 e. The van der Waals surface area contributed by atoms with Crippen LogP contribution >= 0.6 is 0 Å². The van der Waals surface area contributed by atoms with E-state index in [9.17, 15) is 9.59 Å². The first kappa shape index (κ1) is 19.5. The Balaban J connectivity index is 1.46.